The third-order valence-corrected chi connectivity index (χ3v) is 4.49. The SMILES string of the molecule is CCC1(C)CCN(c2nc3cc(N)ccc3o2)CC1. The molecule has 19 heavy (non-hydrogen) atoms. The number of piperidine rings is 1. The number of hydrogen-bond acceptors (Lipinski definition) is 4. The van der Waals surface area contributed by atoms with Crippen molar-refractivity contribution < 1.29 is 4.42 Å². The van der Waals surface area contributed by atoms with Crippen LogP contribution in [0.15, 0.2) is 22.6 Å². The van der Waals surface area contributed by atoms with Crippen molar-refractivity contribution in [3.05, 3.63) is 18.2 Å². The first-order valence-corrected chi connectivity index (χ1v) is 7.01. The monoisotopic (exact) mass is 259 g/mol. The highest BCUT2D eigenvalue weighted by atomic mass is 16.4. The lowest BCUT2D eigenvalue weighted by atomic mass is 9.78. The van der Waals surface area contributed by atoms with E-state index < -0.39 is 0 Å². The van der Waals surface area contributed by atoms with Crippen LogP contribution < -0.4 is 10.6 Å². The summed E-state index contributed by atoms with van der Waals surface area (Å²) >= 11 is 0. The fourth-order valence-corrected chi connectivity index (χ4v) is 2.66. The van der Waals surface area contributed by atoms with Crippen LogP contribution in [-0.2, 0) is 0 Å². The lowest BCUT2D eigenvalue weighted by Gasteiger charge is -2.38. The van der Waals surface area contributed by atoms with E-state index in [4.69, 9.17) is 10.2 Å². The number of aromatic nitrogens is 1. The molecule has 0 bridgehead atoms. The number of rotatable bonds is 2. The van der Waals surface area contributed by atoms with Crippen LogP contribution in [0.5, 0.6) is 0 Å². The van der Waals surface area contributed by atoms with Crippen LogP contribution in [0.1, 0.15) is 33.1 Å². The van der Waals surface area contributed by atoms with Gasteiger partial charge in [0.05, 0.1) is 0 Å². The first-order valence-electron chi connectivity index (χ1n) is 7.01. The van der Waals surface area contributed by atoms with Crippen LogP contribution >= 0.6 is 0 Å². The number of nitrogens with two attached hydrogens (primary N) is 1. The lowest BCUT2D eigenvalue weighted by molar-refractivity contribution is 0.234. The summed E-state index contributed by atoms with van der Waals surface area (Å²) in [6.45, 7) is 6.69. The Morgan fingerprint density at radius 1 is 1.37 bits per heavy atom. The van der Waals surface area contributed by atoms with Gasteiger partial charge in [0.2, 0.25) is 0 Å². The number of oxazole rings is 1. The third kappa shape index (κ3) is 2.27. The molecular formula is C15H21N3O. The molecule has 0 amide bonds. The predicted octanol–water partition coefficient (Wildman–Crippen LogP) is 3.43. The molecule has 1 fully saturated rings. The topological polar surface area (TPSA) is 55.3 Å². The summed E-state index contributed by atoms with van der Waals surface area (Å²) in [4.78, 5) is 6.79. The molecule has 1 aliphatic heterocycles. The minimum absolute atomic E-state index is 0.479. The van der Waals surface area contributed by atoms with Gasteiger partial charge in [0.25, 0.3) is 6.01 Å². The fourth-order valence-electron chi connectivity index (χ4n) is 2.66. The molecule has 102 valence electrons. The summed E-state index contributed by atoms with van der Waals surface area (Å²) in [5.41, 5.74) is 8.63. The molecule has 0 aliphatic carbocycles. The Balaban J connectivity index is 1.82. The summed E-state index contributed by atoms with van der Waals surface area (Å²) in [7, 11) is 0. The number of anilines is 2. The van der Waals surface area contributed by atoms with Crippen molar-refractivity contribution in [2.75, 3.05) is 23.7 Å². The average Bonchev–Trinajstić information content (AvgIpc) is 2.82. The van der Waals surface area contributed by atoms with E-state index in [1.54, 1.807) is 0 Å². The van der Waals surface area contributed by atoms with Crippen molar-refractivity contribution in [1.29, 1.82) is 0 Å². The Kier molecular flexibility index (Phi) is 2.88. The Bertz CT molecular complexity index is 582. The maximum Gasteiger partial charge on any atom is 0.298 e. The molecule has 1 aromatic heterocycles. The van der Waals surface area contributed by atoms with Crippen LogP contribution in [0.4, 0.5) is 11.7 Å². The van der Waals surface area contributed by atoms with Gasteiger partial charge in [-0.2, -0.15) is 4.98 Å². The molecule has 0 radical (unpaired) electrons. The quantitative estimate of drug-likeness (QED) is 0.839. The molecule has 0 saturated carbocycles. The van der Waals surface area contributed by atoms with Gasteiger partial charge in [-0.3, -0.25) is 0 Å². The molecule has 2 aromatic rings. The molecule has 1 aliphatic rings. The molecule has 0 unspecified atom stereocenters. The zero-order valence-electron chi connectivity index (χ0n) is 11.6. The van der Waals surface area contributed by atoms with E-state index in [0.29, 0.717) is 5.41 Å². The van der Waals surface area contributed by atoms with Crippen molar-refractivity contribution in [3.8, 4) is 0 Å². The van der Waals surface area contributed by atoms with E-state index in [9.17, 15) is 0 Å². The minimum atomic E-state index is 0.479. The van der Waals surface area contributed by atoms with Gasteiger partial charge >= 0.3 is 0 Å². The van der Waals surface area contributed by atoms with Gasteiger partial charge in [0, 0.05) is 18.8 Å². The summed E-state index contributed by atoms with van der Waals surface area (Å²) in [6, 6.07) is 6.34. The van der Waals surface area contributed by atoms with Crippen LogP contribution in [0, 0.1) is 5.41 Å². The second-order valence-corrected chi connectivity index (χ2v) is 5.87. The summed E-state index contributed by atoms with van der Waals surface area (Å²) in [5, 5.41) is 0. The minimum Gasteiger partial charge on any atom is -0.423 e. The van der Waals surface area contributed by atoms with Crippen molar-refractivity contribution >= 4 is 22.8 Å². The normalized spacial score (nSPS) is 18.9. The summed E-state index contributed by atoms with van der Waals surface area (Å²) in [6.07, 6.45) is 3.64. The highest BCUT2D eigenvalue weighted by Crippen LogP contribution is 2.36. The van der Waals surface area contributed by atoms with Crippen LogP contribution in [0.2, 0.25) is 0 Å². The van der Waals surface area contributed by atoms with Gasteiger partial charge in [-0.15, -0.1) is 0 Å². The predicted molar refractivity (Wildman–Crippen MR) is 78.3 cm³/mol. The van der Waals surface area contributed by atoms with E-state index in [1.165, 1.54) is 19.3 Å². The van der Waals surface area contributed by atoms with Gasteiger partial charge < -0.3 is 15.1 Å². The van der Waals surface area contributed by atoms with E-state index in [1.807, 2.05) is 18.2 Å². The Morgan fingerprint density at radius 3 is 2.79 bits per heavy atom. The van der Waals surface area contributed by atoms with Crippen LogP contribution in [0.3, 0.4) is 0 Å². The maximum atomic E-state index is 5.82. The lowest BCUT2D eigenvalue weighted by Crippen LogP contribution is -2.38. The zero-order chi connectivity index (χ0) is 13.5. The van der Waals surface area contributed by atoms with Gasteiger partial charge in [-0.1, -0.05) is 20.3 Å². The fraction of sp³-hybridized carbons (Fsp3) is 0.533. The van der Waals surface area contributed by atoms with Crippen molar-refractivity contribution in [2.45, 2.75) is 33.1 Å². The van der Waals surface area contributed by atoms with Crippen molar-refractivity contribution in [3.63, 3.8) is 0 Å². The Hall–Kier alpha value is -1.71. The van der Waals surface area contributed by atoms with Gasteiger partial charge in [0.1, 0.15) is 5.52 Å². The highest BCUT2D eigenvalue weighted by molar-refractivity contribution is 5.78. The molecule has 0 atom stereocenters. The molecule has 2 N–H and O–H groups in total. The van der Waals surface area contributed by atoms with Crippen LogP contribution in [0.25, 0.3) is 11.1 Å². The summed E-state index contributed by atoms with van der Waals surface area (Å²) < 4.78 is 5.82. The molecule has 3 rings (SSSR count). The standard InChI is InChI=1S/C15H21N3O/c1-3-15(2)6-8-18(9-7-15)14-17-12-10-11(16)4-5-13(12)19-14/h4-5,10H,3,6-9,16H2,1-2H3. The molecular weight excluding hydrogens is 238 g/mol. The molecule has 1 saturated heterocycles. The molecule has 4 heteroatoms. The number of benzene rings is 1. The zero-order valence-corrected chi connectivity index (χ0v) is 11.6. The van der Waals surface area contributed by atoms with Crippen molar-refractivity contribution in [2.24, 2.45) is 5.41 Å². The third-order valence-electron chi connectivity index (χ3n) is 4.49. The maximum absolute atomic E-state index is 5.82. The van der Waals surface area contributed by atoms with E-state index in [2.05, 4.69) is 23.7 Å². The van der Waals surface area contributed by atoms with E-state index >= 15 is 0 Å². The number of nitrogen functional groups attached to an aromatic ring is 1. The smallest absolute Gasteiger partial charge is 0.298 e. The molecule has 0 spiro atoms. The first-order chi connectivity index (χ1) is 9.09. The molecule has 4 nitrogen and oxygen atoms in total. The highest BCUT2D eigenvalue weighted by Gasteiger charge is 2.30. The number of hydrogen-bond donors (Lipinski definition) is 1. The Morgan fingerprint density at radius 2 is 2.11 bits per heavy atom. The largest absolute Gasteiger partial charge is 0.423 e. The van der Waals surface area contributed by atoms with E-state index in [0.717, 1.165) is 35.9 Å². The van der Waals surface area contributed by atoms with Gasteiger partial charge in [0.15, 0.2) is 5.58 Å². The van der Waals surface area contributed by atoms with Crippen molar-refractivity contribution in [1.82, 2.24) is 4.98 Å². The van der Waals surface area contributed by atoms with Gasteiger partial charge in [-0.25, -0.2) is 0 Å². The van der Waals surface area contributed by atoms with Crippen LogP contribution in [-0.4, -0.2) is 18.1 Å². The molecule has 1 aromatic carbocycles. The first kappa shape index (κ1) is 12.3. The second kappa shape index (κ2) is 4.44. The van der Waals surface area contributed by atoms with E-state index in [-0.39, 0.29) is 0 Å². The average molecular weight is 259 g/mol. The van der Waals surface area contributed by atoms with Gasteiger partial charge in [-0.05, 0) is 36.5 Å². The molecule has 2 heterocycles. The number of fused-ring (bicyclic) bond motifs is 1. The Labute approximate surface area is 113 Å². The number of nitrogens with zero attached hydrogens (tertiary/aromatic N) is 2. The summed E-state index contributed by atoms with van der Waals surface area (Å²) in [5.74, 6) is 0. The second-order valence-electron chi connectivity index (χ2n) is 5.87.